The van der Waals surface area contributed by atoms with Crippen molar-refractivity contribution in [2.45, 2.75) is 186 Å². The molecule has 0 bridgehead atoms. The lowest BCUT2D eigenvalue weighted by Crippen LogP contribution is -2.14. The molecule has 0 aliphatic rings. The number of Topliss-reactive ketones (excluding diaryl/α,β-unsaturated/α-hetero) is 4. The molecule has 8 nitrogen and oxygen atoms in total. The van der Waals surface area contributed by atoms with E-state index in [1.807, 2.05) is 0 Å². The second kappa shape index (κ2) is 26.2. The molecule has 0 saturated heterocycles. The van der Waals surface area contributed by atoms with E-state index in [-0.39, 0.29) is 48.8 Å². The summed E-state index contributed by atoms with van der Waals surface area (Å²) in [7, 11) is 0. The van der Waals surface area contributed by atoms with Gasteiger partial charge in [-0.3, -0.25) is 19.2 Å². The predicted octanol–water partition coefficient (Wildman–Crippen LogP) is 5.72. The lowest BCUT2D eigenvalue weighted by molar-refractivity contribution is -0.122. The van der Waals surface area contributed by atoms with Gasteiger partial charge in [0.15, 0.2) is 0 Å². The van der Waals surface area contributed by atoms with Crippen LogP contribution in [0, 0.1) is 0 Å². The summed E-state index contributed by atoms with van der Waals surface area (Å²) in [6.07, 6.45) is 11.8. The maximum Gasteiger partial charge on any atom is 0.135 e. The third-order valence-electron chi connectivity index (χ3n) is 7.53. The van der Waals surface area contributed by atoms with Gasteiger partial charge in [0.05, 0.1) is 24.4 Å². The minimum absolute atomic E-state index is 0.0254. The molecule has 240 valence electrons. The molecular formula is C33H60O8. The SMILES string of the molecule is CCCCCC(O)CC(=O)CCCCCC(O)CC(=O)CCCCCC(O)CC(=O)CCCCCC(O)CC(C)=O. The van der Waals surface area contributed by atoms with Crippen molar-refractivity contribution in [2.75, 3.05) is 0 Å². The Balaban J connectivity index is 3.70. The van der Waals surface area contributed by atoms with Crippen LogP contribution in [0.2, 0.25) is 0 Å². The zero-order valence-electron chi connectivity index (χ0n) is 26.0. The Hall–Kier alpha value is -1.48. The second-order valence-electron chi connectivity index (χ2n) is 12.0. The highest BCUT2D eigenvalue weighted by atomic mass is 16.3. The molecule has 8 heteroatoms. The van der Waals surface area contributed by atoms with Gasteiger partial charge >= 0.3 is 0 Å². The molecule has 0 aliphatic carbocycles. The zero-order valence-corrected chi connectivity index (χ0v) is 26.0. The molecule has 0 aromatic carbocycles. The van der Waals surface area contributed by atoms with E-state index in [2.05, 4.69) is 6.92 Å². The Bertz CT molecular complexity index is 707. The average molecular weight is 585 g/mol. The molecule has 0 rings (SSSR count). The van der Waals surface area contributed by atoms with Crippen molar-refractivity contribution in [3.8, 4) is 0 Å². The van der Waals surface area contributed by atoms with Gasteiger partial charge in [-0.25, -0.2) is 0 Å². The highest BCUT2D eigenvalue weighted by Crippen LogP contribution is 2.15. The summed E-state index contributed by atoms with van der Waals surface area (Å²) < 4.78 is 0. The number of carbonyl (C=O) groups is 4. The van der Waals surface area contributed by atoms with Gasteiger partial charge in [-0.1, -0.05) is 64.7 Å². The van der Waals surface area contributed by atoms with Gasteiger partial charge in [-0.15, -0.1) is 0 Å². The summed E-state index contributed by atoms with van der Waals surface area (Å²) in [5.74, 6) is 0.140. The third kappa shape index (κ3) is 27.1. The molecule has 0 radical (unpaired) electrons. The molecular weight excluding hydrogens is 524 g/mol. The maximum absolute atomic E-state index is 12.2. The summed E-state index contributed by atoms with van der Waals surface area (Å²) in [5, 5.41) is 39.8. The molecule has 0 saturated carbocycles. The van der Waals surface area contributed by atoms with Crippen LogP contribution in [0.25, 0.3) is 0 Å². The van der Waals surface area contributed by atoms with Gasteiger partial charge in [0.2, 0.25) is 0 Å². The molecule has 4 unspecified atom stereocenters. The first kappa shape index (κ1) is 39.5. The van der Waals surface area contributed by atoms with E-state index in [9.17, 15) is 39.6 Å². The second-order valence-corrected chi connectivity index (χ2v) is 12.0. The number of carbonyl (C=O) groups excluding carboxylic acids is 4. The summed E-state index contributed by atoms with van der Waals surface area (Å²) >= 11 is 0. The Morgan fingerprint density at radius 3 is 1.02 bits per heavy atom. The molecule has 0 aromatic rings. The van der Waals surface area contributed by atoms with Gasteiger partial charge in [-0.05, 0) is 51.9 Å². The molecule has 41 heavy (non-hydrogen) atoms. The number of hydrogen-bond acceptors (Lipinski definition) is 8. The first-order valence-corrected chi connectivity index (χ1v) is 16.3. The van der Waals surface area contributed by atoms with Crippen LogP contribution in [0.15, 0.2) is 0 Å². The Morgan fingerprint density at radius 2 is 0.732 bits per heavy atom. The average Bonchev–Trinajstić information content (AvgIpc) is 2.87. The monoisotopic (exact) mass is 584 g/mol. The molecule has 0 amide bonds. The highest BCUT2D eigenvalue weighted by Gasteiger charge is 2.14. The van der Waals surface area contributed by atoms with Crippen molar-refractivity contribution in [1.29, 1.82) is 0 Å². The normalized spacial score (nSPS) is 14.4. The maximum atomic E-state index is 12.2. The van der Waals surface area contributed by atoms with Crippen LogP contribution in [0.4, 0.5) is 0 Å². The van der Waals surface area contributed by atoms with Crippen molar-refractivity contribution < 1.29 is 39.6 Å². The van der Waals surface area contributed by atoms with Crippen LogP contribution in [0.5, 0.6) is 0 Å². The van der Waals surface area contributed by atoms with Crippen molar-refractivity contribution in [1.82, 2.24) is 0 Å². The highest BCUT2D eigenvalue weighted by molar-refractivity contribution is 5.79. The molecule has 0 fully saturated rings. The molecule has 0 aromatic heterocycles. The first-order valence-electron chi connectivity index (χ1n) is 16.3. The lowest BCUT2D eigenvalue weighted by atomic mass is 9.99. The third-order valence-corrected chi connectivity index (χ3v) is 7.53. The van der Waals surface area contributed by atoms with Gasteiger partial charge in [0, 0.05) is 44.9 Å². The summed E-state index contributed by atoms with van der Waals surface area (Å²) in [6, 6.07) is 0. The van der Waals surface area contributed by atoms with Crippen molar-refractivity contribution in [3.63, 3.8) is 0 Å². The summed E-state index contributed by atoms with van der Waals surface area (Å²) in [4.78, 5) is 47.1. The van der Waals surface area contributed by atoms with E-state index in [1.54, 1.807) is 0 Å². The molecule has 0 aliphatic heterocycles. The van der Waals surface area contributed by atoms with Crippen molar-refractivity contribution in [3.05, 3.63) is 0 Å². The fraction of sp³-hybridized carbons (Fsp3) is 0.879. The Kier molecular flexibility index (Phi) is 25.2. The molecule has 4 N–H and O–H groups in total. The van der Waals surface area contributed by atoms with Crippen molar-refractivity contribution in [2.24, 2.45) is 0 Å². The Labute approximate surface area is 248 Å². The van der Waals surface area contributed by atoms with E-state index in [1.165, 1.54) is 6.92 Å². The largest absolute Gasteiger partial charge is 0.393 e. The fourth-order valence-electron chi connectivity index (χ4n) is 5.10. The fourth-order valence-corrected chi connectivity index (χ4v) is 5.10. The van der Waals surface area contributed by atoms with E-state index in [0.717, 1.165) is 70.6 Å². The molecule has 4 atom stereocenters. The van der Waals surface area contributed by atoms with Gasteiger partial charge in [0.1, 0.15) is 23.1 Å². The van der Waals surface area contributed by atoms with Gasteiger partial charge in [-0.2, -0.15) is 0 Å². The standard InChI is InChI=1S/C33H60O8/c1-3-4-8-15-28(36)23-29(37)18-11-6-12-19-32(40)25-33(41)21-14-7-13-20-31(39)24-30(38)17-10-5-9-16-27(35)22-26(2)34/h27-28,31-32,35-36,39-40H,3-25H2,1-2H3. The number of unbranched alkanes of at least 4 members (excludes halogenated alkanes) is 8. The minimum atomic E-state index is -0.663. The van der Waals surface area contributed by atoms with E-state index in [0.29, 0.717) is 51.4 Å². The molecule has 0 spiro atoms. The van der Waals surface area contributed by atoms with Crippen molar-refractivity contribution >= 4 is 23.1 Å². The van der Waals surface area contributed by atoms with E-state index >= 15 is 0 Å². The number of hydrogen-bond donors (Lipinski definition) is 4. The number of ketones is 4. The number of aliphatic hydroxyl groups excluding tert-OH is 4. The zero-order chi connectivity index (χ0) is 30.9. The van der Waals surface area contributed by atoms with Crippen LogP contribution in [0.3, 0.4) is 0 Å². The summed E-state index contributed by atoms with van der Waals surface area (Å²) in [6.45, 7) is 3.57. The van der Waals surface area contributed by atoms with E-state index < -0.39 is 24.4 Å². The smallest absolute Gasteiger partial charge is 0.135 e. The summed E-state index contributed by atoms with van der Waals surface area (Å²) in [5.41, 5.74) is 0. The predicted molar refractivity (Wildman–Crippen MR) is 162 cm³/mol. The molecule has 0 heterocycles. The van der Waals surface area contributed by atoms with Crippen LogP contribution in [-0.4, -0.2) is 68.0 Å². The van der Waals surface area contributed by atoms with E-state index in [4.69, 9.17) is 0 Å². The lowest BCUT2D eigenvalue weighted by Gasteiger charge is -2.11. The van der Waals surface area contributed by atoms with Crippen LogP contribution in [-0.2, 0) is 19.2 Å². The number of aliphatic hydroxyl groups is 4. The van der Waals surface area contributed by atoms with Crippen LogP contribution >= 0.6 is 0 Å². The van der Waals surface area contributed by atoms with Crippen LogP contribution < -0.4 is 0 Å². The van der Waals surface area contributed by atoms with Gasteiger partial charge < -0.3 is 20.4 Å². The topological polar surface area (TPSA) is 149 Å². The number of rotatable bonds is 30. The van der Waals surface area contributed by atoms with Crippen LogP contribution in [0.1, 0.15) is 162 Å². The minimum Gasteiger partial charge on any atom is -0.393 e. The Morgan fingerprint density at radius 1 is 0.439 bits per heavy atom. The quantitative estimate of drug-likeness (QED) is 0.0784. The van der Waals surface area contributed by atoms with Gasteiger partial charge in [0.25, 0.3) is 0 Å². The first-order chi connectivity index (χ1) is 19.5.